The number of amides is 4. The number of carbonyl (C=O) groups excluding carboxylic acids is 3. The second-order valence-electron chi connectivity index (χ2n) is 11.2. The van der Waals surface area contributed by atoms with E-state index in [0.717, 1.165) is 25.7 Å². The maximum absolute atomic E-state index is 13.8. The first-order valence-electron chi connectivity index (χ1n) is 13.7. The van der Waals surface area contributed by atoms with Gasteiger partial charge in [-0.1, -0.05) is 27.6 Å². The van der Waals surface area contributed by atoms with E-state index in [1.165, 1.54) is 36.3 Å². The summed E-state index contributed by atoms with van der Waals surface area (Å²) in [5, 5.41) is 8.56. The molecule has 0 spiro atoms. The van der Waals surface area contributed by atoms with E-state index in [4.69, 9.17) is 4.74 Å². The van der Waals surface area contributed by atoms with Gasteiger partial charge < -0.3 is 15.4 Å². The zero-order valence-corrected chi connectivity index (χ0v) is 25.4. The molecular weight excluding hydrogens is 591 g/mol. The first kappa shape index (κ1) is 30.3. The fourth-order valence-electron chi connectivity index (χ4n) is 4.96. The van der Waals surface area contributed by atoms with E-state index in [-0.39, 0.29) is 6.03 Å². The van der Waals surface area contributed by atoms with Crippen LogP contribution in [0.5, 0.6) is 0 Å². The highest BCUT2D eigenvalue weighted by Crippen LogP contribution is 2.37. The topological polar surface area (TPSA) is 99.8 Å². The molecule has 3 N–H and O–H groups in total. The lowest BCUT2D eigenvalue weighted by atomic mass is 9.93. The summed E-state index contributed by atoms with van der Waals surface area (Å²) in [5.74, 6) is -0.846. The molecule has 0 fully saturated rings. The maximum atomic E-state index is 13.8. The smallest absolute Gasteiger partial charge is 0.412 e. The molecule has 1 atom stereocenters. The molecule has 4 rings (SSSR count). The summed E-state index contributed by atoms with van der Waals surface area (Å²) in [6.07, 6.45) is 6.73. The van der Waals surface area contributed by atoms with Crippen LogP contribution in [0, 0.1) is 5.82 Å². The molecule has 2 aliphatic rings. The van der Waals surface area contributed by atoms with Crippen LogP contribution in [0.15, 0.2) is 69.9 Å². The van der Waals surface area contributed by atoms with E-state index in [1.807, 2.05) is 0 Å². The molecule has 4 amide bonds. The Morgan fingerprint density at radius 2 is 1.80 bits per heavy atom. The van der Waals surface area contributed by atoms with Crippen molar-refractivity contribution in [2.45, 2.75) is 71.4 Å². The van der Waals surface area contributed by atoms with Crippen LogP contribution in [-0.4, -0.2) is 35.1 Å². The van der Waals surface area contributed by atoms with Crippen molar-refractivity contribution < 1.29 is 23.5 Å². The number of ether oxygens (including phenoxy) is 1. The number of anilines is 2. The number of nitrogens with zero attached hydrogens (tertiary/aromatic N) is 1. The zero-order chi connectivity index (χ0) is 29.7. The van der Waals surface area contributed by atoms with Gasteiger partial charge in [0.25, 0.3) is 5.91 Å². The van der Waals surface area contributed by atoms with Gasteiger partial charge in [-0.2, -0.15) is 0 Å². The summed E-state index contributed by atoms with van der Waals surface area (Å²) in [7, 11) is 0. The summed E-state index contributed by atoms with van der Waals surface area (Å²) >= 11 is 3.56. The van der Waals surface area contributed by atoms with E-state index in [1.54, 1.807) is 50.8 Å². The lowest BCUT2D eigenvalue weighted by Gasteiger charge is -2.36. The maximum Gasteiger partial charge on any atom is 0.412 e. The molecule has 218 valence electrons. The molecule has 0 bridgehead atoms. The molecule has 41 heavy (non-hydrogen) atoms. The summed E-state index contributed by atoms with van der Waals surface area (Å²) in [6.45, 7) is 7.51. The molecule has 10 heteroatoms. The second kappa shape index (κ2) is 12.9. The van der Waals surface area contributed by atoms with Gasteiger partial charge >= 0.3 is 12.1 Å². The van der Waals surface area contributed by atoms with Crippen LogP contribution < -0.4 is 16.0 Å². The fourth-order valence-corrected chi connectivity index (χ4v) is 5.44. The van der Waals surface area contributed by atoms with Crippen LogP contribution >= 0.6 is 15.9 Å². The third kappa shape index (κ3) is 7.97. The second-order valence-corrected chi connectivity index (χ2v) is 12.1. The van der Waals surface area contributed by atoms with Gasteiger partial charge in [-0.25, -0.2) is 14.0 Å². The van der Waals surface area contributed by atoms with E-state index in [9.17, 15) is 18.8 Å². The van der Waals surface area contributed by atoms with Gasteiger partial charge in [0.05, 0.1) is 11.6 Å². The SMILES string of the molecule is CC1=C(C(=O)Nc2ccc(F)cc2)C(c2cc(NC(=O)OC(C)(C)C)ccc2Br)NC(=O)N1CCC1=CCCCC1. The Bertz CT molecular complexity index is 1380. The standard InChI is InChI=1S/C31H36BrFN4O4/c1-19-26(28(38)34-22-12-10-21(33)11-13-22)27(36-29(39)37(19)17-16-20-8-6-5-7-9-20)24-18-23(14-15-25(24)32)35-30(40)41-31(2,3)4/h8,10-15,18,27H,5-7,9,16-17H2,1-4H3,(H,34,38)(H,35,40)(H,36,39). The molecule has 2 aromatic carbocycles. The number of hydrogen-bond donors (Lipinski definition) is 3. The Kier molecular flexibility index (Phi) is 9.53. The number of allylic oxidation sites excluding steroid dienone is 2. The highest BCUT2D eigenvalue weighted by Gasteiger charge is 2.36. The quantitative estimate of drug-likeness (QED) is 0.273. The molecule has 1 aliphatic heterocycles. The molecular formula is C31H36BrFN4O4. The zero-order valence-electron chi connectivity index (χ0n) is 23.8. The molecule has 0 radical (unpaired) electrons. The number of rotatable bonds is 7. The Hall–Kier alpha value is -3.66. The minimum Gasteiger partial charge on any atom is -0.444 e. The van der Waals surface area contributed by atoms with Gasteiger partial charge in [0.2, 0.25) is 0 Å². The lowest BCUT2D eigenvalue weighted by Crippen LogP contribution is -2.49. The molecule has 1 heterocycles. The third-order valence-corrected chi connectivity index (χ3v) is 7.66. The average molecular weight is 628 g/mol. The average Bonchev–Trinajstić information content (AvgIpc) is 2.90. The van der Waals surface area contributed by atoms with Crippen molar-refractivity contribution in [3.05, 3.63) is 81.2 Å². The van der Waals surface area contributed by atoms with Gasteiger partial charge in [-0.05, 0) is 108 Å². The van der Waals surface area contributed by atoms with Gasteiger partial charge in [0, 0.05) is 28.1 Å². The van der Waals surface area contributed by atoms with Crippen molar-refractivity contribution in [2.24, 2.45) is 0 Å². The molecule has 0 saturated carbocycles. The highest BCUT2D eigenvalue weighted by atomic mass is 79.9. The number of hydrogen-bond acceptors (Lipinski definition) is 4. The van der Waals surface area contributed by atoms with Crippen molar-refractivity contribution >= 4 is 45.3 Å². The van der Waals surface area contributed by atoms with E-state index >= 15 is 0 Å². The van der Waals surface area contributed by atoms with E-state index < -0.39 is 29.5 Å². The highest BCUT2D eigenvalue weighted by molar-refractivity contribution is 9.10. The van der Waals surface area contributed by atoms with Gasteiger partial charge in [-0.15, -0.1) is 0 Å². The molecule has 1 unspecified atom stereocenters. The van der Waals surface area contributed by atoms with Crippen molar-refractivity contribution in [2.75, 3.05) is 17.2 Å². The van der Waals surface area contributed by atoms with Crippen LogP contribution in [0.25, 0.3) is 0 Å². The monoisotopic (exact) mass is 626 g/mol. The van der Waals surface area contributed by atoms with Crippen molar-refractivity contribution in [3.63, 3.8) is 0 Å². The van der Waals surface area contributed by atoms with Crippen LogP contribution in [0.1, 0.15) is 71.4 Å². The molecule has 8 nitrogen and oxygen atoms in total. The van der Waals surface area contributed by atoms with Crippen LogP contribution in [0.4, 0.5) is 25.4 Å². The lowest BCUT2D eigenvalue weighted by molar-refractivity contribution is -0.113. The predicted octanol–water partition coefficient (Wildman–Crippen LogP) is 7.80. The molecule has 0 aromatic heterocycles. The van der Waals surface area contributed by atoms with E-state index in [0.29, 0.717) is 39.2 Å². The van der Waals surface area contributed by atoms with Crippen LogP contribution in [-0.2, 0) is 9.53 Å². The number of carbonyl (C=O) groups is 3. The normalized spacial score (nSPS) is 17.5. The molecule has 0 saturated heterocycles. The summed E-state index contributed by atoms with van der Waals surface area (Å²) in [4.78, 5) is 41.2. The minimum absolute atomic E-state index is 0.320. The summed E-state index contributed by atoms with van der Waals surface area (Å²) in [5.41, 5.74) is 2.93. The van der Waals surface area contributed by atoms with Crippen LogP contribution in [0.3, 0.4) is 0 Å². The number of urea groups is 1. The number of nitrogens with one attached hydrogen (secondary N) is 3. The minimum atomic E-state index is -0.831. The van der Waals surface area contributed by atoms with E-state index in [2.05, 4.69) is 38.0 Å². The van der Waals surface area contributed by atoms with Gasteiger partial charge in [0.1, 0.15) is 11.4 Å². The Labute approximate surface area is 248 Å². The third-order valence-electron chi connectivity index (χ3n) is 6.94. The Morgan fingerprint density at radius 1 is 1.10 bits per heavy atom. The van der Waals surface area contributed by atoms with Crippen LogP contribution in [0.2, 0.25) is 0 Å². The van der Waals surface area contributed by atoms with Crippen molar-refractivity contribution in [3.8, 4) is 0 Å². The fraction of sp³-hybridized carbons (Fsp3) is 0.387. The van der Waals surface area contributed by atoms with Gasteiger partial charge in [0.15, 0.2) is 0 Å². The summed E-state index contributed by atoms with van der Waals surface area (Å²) < 4.78 is 19.5. The first-order chi connectivity index (χ1) is 19.4. The van der Waals surface area contributed by atoms with Gasteiger partial charge in [-0.3, -0.25) is 15.0 Å². The Balaban J connectivity index is 1.68. The summed E-state index contributed by atoms with van der Waals surface area (Å²) in [6, 6.07) is 9.47. The molecule has 2 aromatic rings. The number of halogens is 2. The van der Waals surface area contributed by atoms with Crippen molar-refractivity contribution in [1.82, 2.24) is 10.2 Å². The predicted molar refractivity (Wildman–Crippen MR) is 161 cm³/mol. The number of benzene rings is 2. The first-order valence-corrected chi connectivity index (χ1v) is 14.5. The Morgan fingerprint density at radius 3 is 2.46 bits per heavy atom. The van der Waals surface area contributed by atoms with Crippen molar-refractivity contribution in [1.29, 1.82) is 0 Å². The largest absolute Gasteiger partial charge is 0.444 e. The molecule has 1 aliphatic carbocycles.